The first kappa shape index (κ1) is 21.8. The van der Waals surface area contributed by atoms with Crippen molar-refractivity contribution in [3.63, 3.8) is 0 Å². The van der Waals surface area contributed by atoms with Crippen LogP contribution in [0.5, 0.6) is 5.75 Å². The molecule has 0 bridgehead atoms. The SMILES string of the molecule is O=C(NCCC#Cc1cc([N+](=O)[O-])c(O)cc1F)OCC1c2ccccc2-c2ccccc21. The van der Waals surface area contributed by atoms with E-state index in [1.54, 1.807) is 0 Å². The molecule has 0 heterocycles. The molecule has 3 aromatic rings. The highest BCUT2D eigenvalue weighted by atomic mass is 19.1. The molecule has 0 aliphatic heterocycles. The Balaban J connectivity index is 1.31. The van der Waals surface area contributed by atoms with Gasteiger partial charge >= 0.3 is 11.8 Å². The summed E-state index contributed by atoms with van der Waals surface area (Å²) >= 11 is 0. The van der Waals surface area contributed by atoms with Crippen LogP contribution in [0.1, 0.15) is 29.0 Å². The number of fused-ring (bicyclic) bond motifs is 3. The smallest absolute Gasteiger partial charge is 0.407 e. The monoisotopic (exact) mass is 446 g/mol. The van der Waals surface area contributed by atoms with Crippen LogP contribution in [-0.4, -0.2) is 29.3 Å². The van der Waals surface area contributed by atoms with Gasteiger partial charge in [-0.3, -0.25) is 10.1 Å². The Hall–Kier alpha value is -4.38. The molecule has 0 saturated heterocycles. The number of carbonyl (C=O) groups excluding carboxylic acids is 1. The molecular weight excluding hydrogens is 427 g/mol. The number of halogens is 1. The molecule has 1 aliphatic carbocycles. The average Bonchev–Trinajstić information content (AvgIpc) is 3.12. The first-order valence-corrected chi connectivity index (χ1v) is 10.2. The molecule has 166 valence electrons. The molecule has 0 spiro atoms. The third kappa shape index (κ3) is 4.62. The number of hydrogen-bond acceptors (Lipinski definition) is 5. The van der Waals surface area contributed by atoms with Crippen LogP contribution in [0.25, 0.3) is 11.1 Å². The summed E-state index contributed by atoms with van der Waals surface area (Å²) in [5.74, 6) is 3.44. The predicted octanol–water partition coefficient (Wildman–Crippen LogP) is 4.72. The largest absolute Gasteiger partial charge is 0.502 e. The van der Waals surface area contributed by atoms with E-state index in [1.807, 2.05) is 36.4 Å². The third-order valence-electron chi connectivity index (χ3n) is 5.35. The molecule has 4 rings (SSSR count). The van der Waals surface area contributed by atoms with Crippen molar-refractivity contribution in [1.29, 1.82) is 0 Å². The second-order valence-electron chi connectivity index (χ2n) is 7.38. The summed E-state index contributed by atoms with van der Waals surface area (Å²) in [5, 5.41) is 22.8. The van der Waals surface area contributed by atoms with Crippen LogP contribution in [0.15, 0.2) is 60.7 Å². The van der Waals surface area contributed by atoms with E-state index in [-0.39, 0.29) is 31.1 Å². The minimum atomic E-state index is -0.866. The predicted molar refractivity (Wildman–Crippen MR) is 119 cm³/mol. The van der Waals surface area contributed by atoms with E-state index >= 15 is 0 Å². The highest BCUT2D eigenvalue weighted by molar-refractivity contribution is 5.79. The van der Waals surface area contributed by atoms with Crippen molar-refractivity contribution in [2.45, 2.75) is 12.3 Å². The molecule has 0 atom stereocenters. The van der Waals surface area contributed by atoms with E-state index in [9.17, 15) is 24.4 Å². The number of alkyl carbamates (subject to hydrolysis) is 1. The average molecular weight is 446 g/mol. The highest BCUT2D eigenvalue weighted by Crippen LogP contribution is 2.44. The number of benzene rings is 3. The van der Waals surface area contributed by atoms with Gasteiger partial charge in [-0.2, -0.15) is 0 Å². The fraction of sp³-hybridized carbons (Fsp3) is 0.160. The summed E-state index contributed by atoms with van der Waals surface area (Å²) < 4.78 is 19.2. The maximum Gasteiger partial charge on any atom is 0.407 e. The van der Waals surface area contributed by atoms with Gasteiger partial charge in [0, 0.05) is 31.0 Å². The lowest BCUT2D eigenvalue weighted by atomic mass is 9.98. The minimum Gasteiger partial charge on any atom is -0.502 e. The summed E-state index contributed by atoms with van der Waals surface area (Å²) in [4.78, 5) is 22.1. The highest BCUT2D eigenvalue weighted by Gasteiger charge is 2.28. The van der Waals surface area contributed by atoms with Gasteiger partial charge in [-0.05, 0) is 22.3 Å². The second kappa shape index (κ2) is 9.40. The number of rotatable bonds is 5. The summed E-state index contributed by atoms with van der Waals surface area (Å²) in [5.41, 5.74) is 3.67. The molecule has 3 aromatic carbocycles. The molecule has 0 radical (unpaired) electrons. The zero-order valence-electron chi connectivity index (χ0n) is 17.4. The van der Waals surface area contributed by atoms with E-state index in [0.29, 0.717) is 6.07 Å². The third-order valence-corrected chi connectivity index (χ3v) is 5.35. The Bertz CT molecular complexity index is 1250. The van der Waals surface area contributed by atoms with Gasteiger partial charge in [-0.1, -0.05) is 60.4 Å². The van der Waals surface area contributed by atoms with E-state index in [0.717, 1.165) is 28.3 Å². The maximum absolute atomic E-state index is 13.8. The van der Waals surface area contributed by atoms with Gasteiger partial charge in [-0.25, -0.2) is 9.18 Å². The number of nitro benzene ring substituents is 1. The van der Waals surface area contributed by atoms with Crippen LogP contribution in [0.3, 0.4) is 0 Å². The van der Waals surface area contributed by atoms with Crippen LogP contribution in [-0.2, 0) is 4.74 Å². The molecule has 0 saturated carbocycles. The van der Waals surface area contributed by atoms with Gasteiger partial charge in [0.25, 0.3) is 0 Å². The van der Waals surface area contributed by atoms with Crippen LogP contribution >= 0.6 is 0 Å². The zero-order chi connectivity index (χ0) is 23.4. The van der Waals surface area contributed by atoms with Crippen LogP contribution in [0.2, 0.25) is 0 Å². The van der Waals surface area contributed by atoms with Gasteiger partial charge in [0.1, 0.15) is 12.4 Å². The summed E-state index contributed by atoms with van der Waals surface area (Å²) in [6, 6.07) is 17.6. The van der Waals surface area contributed by atoms with Crippen LogP contribution < -0.4 is 5.32 Å². The fourth-order valence-corrected chi connectivity index (χ4v) is 3.83. The Morgan fingerprint density at radius 1 is 1.12 bits per heavy atom. The molecule has 8 heteroatoms. The van der Waals surface area contributed by atoms with E-state index in [2.05, 4.69) is 29.3 Å². The quantitative estimate of drug-likeness (QED) is 0.256. The summed E-state index contributed by atoms with van der Waals surface area (Å²) in [7, 11) is 0. The number of nitrogens with one attached hydrogen (secondary N) is 1. The van der Waals surface area contributed by atoms with Gasteiger partial charge in [-0.15, -0.1) is 0 Å². The number of hydrogen-bond donors (Lipinski definition) is 2. The lowest BCUT2D eigenvalue weighted by Gasteiger charge is -2.14. The van der Waals surface area contributed by atoms with Crippen molar-refractivity contribution in [2.75, 3.05) is 13.2 Å². The molecule has 7 nitrogen and oxygen atoms in total. The van der Waals surface area contributed by atoms with E-state index in [4.69, 9.17) is 4.74 Å². The number of phenolic OH excluding ortho intramolecular Hbond substituents is 1. The number of amides is 1. The molecule has 33 heavy (non-hydrogen) atoms. The number of ether oxygens (including phenoxy) is 1. The summed E-state index contributed by atoms with van der Waals surface area (Å²) in [6.07, 6.45) is -0.414. The van der Waals surface area contributed by atoms with Crippen molar-refractivity contribution in [3.8, 4) is 28.7 Å². The Labute approximate surface area is 189 Å². The first-order chi connectivity index (χ1) is 16.0. The first-order valence-electron chi connectivity index (χ1n) is 10.2. The molecule has 1 amide bonds. The van der Waals surface area contributed by atoms with Gasteiger partial charge in [0.05, 0.1) is 10.5 Å². The van der Waals surface area contributed by atoms with Crippen LogP contribution in [0, 0.1) is 27.8 Å². The second-order valence-corrected chi connectivity index (χ2v) is 7.38. The molecule has 1 aliphatic rings. The normalized spacial score (nSPS) is 11.7. The minimum absolute atomic E-state index is 0.0452. The number of carbonyl (C=O) groups is 1. The number of nitro groups is 1. The standard InChI is InChI=1S/C25H19FN2O5/c26-22-14-24(29)23(28(31)32)13-16(22)7-5-6-12-27-25(30)33-15-21-19-10-3-1-8-17(19)18-9-2-4-11-20(18)21/h1-4,8-11,13-14,21,29H,6,12,15H2,(H,27,30). The Kier molecular flexibility index (Phi) is 6.22. The lowest BCUT2D eigenvalue weighted by molar-refractivity contribution is -0.385. The molecule has 0 unspecified atom stereocenters. The maximum atomic E-state index is 13.8. The van der Waals surface area contributed by atoms with Crippen molar-refractivity contribution in [3.05, 3.63) is 93.3 Å². The Morgan fingerprint density at radius 2 is 1.76 bits per heavy atom. The van der Waals surface area contributed by atoms with E-state index < -0.39 is 28.3 Å². The van der Waals surface area contributed by atoms with Crippen LogP contribution in [0.4, 0.5) is 14.9 Å². The number of phenols is 1. The summed E-state index contributed by atoms with van der Waals surface area (Å²) in [6.45, 7) is 0.347. The van der Waals surface area contributed by atoms with Crippen molar-refractivity contribution >= 4 is 11.8 Å². The molecule has 2 N–H and O–H groups in total. The Morgan fingerprint density at radius 3 is 2.39 bits per heavy atom. The number of aromatic hydroxyl groups is 1. The lowest BCUT2D eigenvalue weighted by Crippen LogP contribution is -2.26. The zero-order valence-corrected chi connectivity index (χ0v) is 17.4. The molecule has 0 aromatic heterocycles. The fourth-order valence-electron chi connectivity index (χ4n) is 3.83. The van der Waals surface area contributed by atoms with Crippen molar-refractivity contribution in [2.24, 2.45) is 0 Å². The molecule has 0 fully saturated rings. The van der Waals surface area contributed by atoms with Gasteiger partial charge < -0.3 is 15.2 Å². The van der Waals surface area contributed by atoms with Crippen molar-refractivity contribution < 1.29 is 24.0 Å². The number of nitrogens with zero attached hydrogens (tertiary/aromatic N) is 1. The van der Waals surface area contributed by atoms with Gasteiger partial charge in [0.2, 0.25) is 0 Å². The molecular formula is C25H19FN2O5. The van der Waals surface area contributed by atoms with Gasteiger partial charge in [0.15, 0.2) is 5.75 Å². The van der Waals surface area contributed by atoms with E-state index in [1.165, 1.54) is 0 Å². The topological polar surface area (TPSA) is 102 Å². The van der Waals surface area contributed by atoms with Crippen molar-refractivity contribution in [1.82, 2.24) is 5.32 Å².